The van der Waals surface area contributed by atoms with Gasteiger partial charge in [0.05, 0.1) is 5.41 Å². The summed E-state index contributed by atoms with van der Waals surface area (Å²) in [5, 5.41) is 0. The van der Waals surface area contributed by atoms with Crippen molar-refractivity contribution in [3.63, 3.8) is 0 Å². The van der Waals surface area contributed by atoms with Gasteiger partial charge in [0.1, 0.15) is 6.29 Å². The Morgan fingerprint density at radius 2 is 1.91 bits per heavy atom. The van der Waals surface area contributed by atoms with Crippen LogP contribution in [-0.4, -0.2) is 12.2 Å². The molecule has 0 saturated carbocycles. The number of amides is 1. The van der Waals surface area contributed by atoms with Crippen molar-refractivity contribution in [3.05, 3.63) is 0 Å². The van der Waals surface area contributed by atoms with Crippen LogP contribution in [0.2, 0.25) is 0 Å². The summed E-state index contributed by atoms with van der Waals surface area (Å²) in [4.78, 5) is 21.2. The van der Waals surface area contributed by atoms with Gasteiger partial charge in [-0.05, 0) is 12.8 Å². The molecule has 0 spiro atoms. The van der Waals surface area contributed by atoms with Crippen molar-refractivity contribution in [2.45, 2.75) is 33.1 Å². The van der Waals surface area contributed by atoms with Gasteiger partial charge in [0, 0.05) is 6.42 Å². The van der Waals surface area contributed by atoms with Crippen molar-refractivity contribution < 1.29 is 9.59 Å². The maximum atomic E-state index is 10.9. The van der Waals surface area contributed by atoms with Gasteiger partial charge in [-0.3, -0.25) is 4.79 Å². The number of hydrogen-bond acceptors (Lipinski definition) is 2. The minimum absolute atomic E-state index is 0.245. The van der Waals surface area contributed by atoms with E-state index in [2.05, 4.69) is 0 Å². The molecule has 0 rings (SSSR count). The summed E-state index contributed by atoms with van der Waals surface area (Å²) >= 11 is 0. The first-order valence-electron chi connectivity index (χ1n) is 3.86. The van der Waals surface area contributed by atoms with Gasteiger partial charge < -0.3 is 10.5 Å². The molecule has 0 bridgehead atoms. The lowest BCUT2D eigenvalue weighted by Crippen LogP contribution is -2.36. The second kappa shape index (κ2) is 4.11. The Kier molecular flexibility index (Phi) is 3.79. The molecule has 11 heavy (non-hydrogen) atoms. The second-order valence-corrected chi connectivity index (χ2v) is 2.72. The molecule has 0 aliphatic heterocycles. The molecule has 0 atom stereocenters. The summed E-state index contributed by atoms with van der Waals surface area (Å²) in [7, 11) is 0. The lowest BCUT2D eigenvalue weighted by Gasteiger charge is -2.24. The Balaban J connectivity index is 4.45. The zero-order valence-electron chi connectivity index (χ0n) is 7.09. The molecular weight excluding hydrogens is 142 g/mol. The topological polar surface area (TPSA) is 60.2 Å². The largest absolute Gasteiger partial charge is 0.369 e. The van der Waals surface area contributed by atoms with Crippen molar-refractivity contribution in [1.82, 2.24) is 0 Å². The van der Waals surface area contributed by atoms with E-state index in [0.29, 0.717) is 12.8 Å². The van der Waals surface area contributed by atoms with Gasteiger partial charge in [-0.2, -0.15) is 0 Å². The summed E-state index contributed by atoms with van der Waals surface area (Å²) in [6.07, 6.45) is 2.28. The monoisotopic (exact) mass is 157 g/mol. The number of rotatable bonds is 5. The summed E-state index contributed by atoms with van der Waals surface area (Å²) in [5.41, 5.74) is 4.59. The van der Waals surface area contributed by atoms with E-state index in [0.717, 1.165) is 6.29 Å². The Morgan fingerprint density at radius 1 is 1.45 bits per heavy atom. The third-order valence-corrected chi connectivity index (χ3v) is 2.35. The molecule has 0 aromatic rings. The average Bonchev–Trinajstić information content (AvgIpc) is 2.00. The molecule has 64 valence electrons. The highest BCUT2D eigenvalue weighted by molar-refractivity contribution is 5.83. The molecule has 0 fully saturated rings. The Morgan fingerprint density at radius 3 is 2.00 bits per heavy atom. The number of aldehydes is 1. The highest BCUT2D eigenvalue weighted by atomic mass is 16.1. The fourth-order valence-corrected chi connectivity index (χ4v) is 1.15. The number of carbonyl (C=O) groups is 2. The van der Waals surface area contributed by atoms with Gasteiger partial charge in [-0.1, -0.05) is 13.8 Å². The van der Waals surface area contributed by atoms with E-state index in [4.69, 9.17) is 5.73 Å². The lowest BCUT2D eigenvalue weighted by molar-refractivity contribution is -0.130. The van der Waals surface area contributed by atoms with Crippen LogP contribution in [0, 0.1) is 5.41 Å². The Bertz CT molecular complexity index is 150. The van der Waals surface area contributed by atoms with Crippen LogP contribution in [-0.2, 0) is 9.59 Å². The smallest absolute Gasteiger partial charge is 0.224 e. The first-order valence-corrected chi connectivity index (χ1v) is 3.86. The summed E-state index contributed by atoms with van der Waals surface area (Å²) in [6, 6.07) is 0. The van der Waals surface area contributed by atoms with Crippen molar-refractivity contribution >= 4 is 12.2 Å². The van der Waals surface area contributed by atoms with Crippen LogP contribution >= 0.6 is 0 Å². The van der Waals surface area contributed by atoms with E-state index in [9.17, 15) is 9.59 Å². The van der Waals surface area contributed by atoms with Crippen LogP contribution in [0.5, 0.6) is 0 Å². The Labute approximate surface area is 67.0 Å². The zero-order valence-corrected chi connectivity index (χ0v) is 7.09. The molecule has 0 aromatic carbocycles. The third kappa shape index (κ3) is 2.03. The number of hydrogen-bond donors (Lipinski definition) is 1. The predicted octanol–water partition coefficient (Wildman–Crippen LogP) is 0.867. The highest BCUT2D eigenvalue weighted by Crippen LogP contribution is 2.28. The van der Waals surface area contributed by atoms with Crippen molar-refractivity contribution in [2.75, 3.05) is 0 Å². The standard InChI is InChI=1S/C8H15NO2/c1-3-8(4-2,5-6-10)7(9)11/h6H,3-5H2,1-2H3,(H2,9,11). The molecule has 0 unspecified atom stereocenters. The first-order chi connectivity index (χ1) is 5.13. The van der Waals surface area contributed by atoms with Crippen LogP contribution in [0.3, 0.4) is 0 Å². The van der Waals surface area contributed by atoms with Crippen LogP contribution in [0.1, 0.15) is 33.1 Å². The zero-order chi connectivity index (χ0) is 8.91. The molecule has 0 aromatic heterocycles. The third-order valence-electron chi connectivity index (χ3n) is 2.35. The minimum atomic E-state index is -0.595. The number of primary amides is 1. The fraction of sp³-hybridized carbons (Fsp3) is 0.750. The molecule has 0 heterocycles. The number of nitrogens with two attached hydrogens (primary N) is 1. The van der Waals surface area contributed by atoms with Gasteiger partial charge in [-0.15, -0.1) is 0 Å². The quantitative estimate of drug-likeness (QED) is 0.602. The second-order valence-electron chi connectivity index (χ2n) is 2.72. The van der Waals surface area contributed by atoms with Crippen LogP contribution in [0.15, 0.2) is 0 Å². The maximum absolute atomic E-state index is 10.9. The molecule has 0 radical (unpaired) electrons. The maximum Gasteiger partial charge on any atom is 0.224 e. The van der Waals surface area contributed by atoms with Crippen LogP contribution < -0.4 is 5.73 Å². The van der Waals surface area contributed by atoms with Crippen molar-refractivity contribution in [1.29, 1.82) is 0 Å². The molecule has 0 saturated heterocycles. The highest BCUT2D eigenvalue weighted by Gasteiger charge is 2.31. The minimum Gasteiger partial charge on any atom is -0.369 e. The predicted molar refractivity (Wildman–Crippen MR) is 42.9 cm³/mol. The number of carbonyl (C=O) groups excluding carboxylic acids is 2. The SMILES string of the molecule is CCC(CC)(CC=O)C(N)=O. The fourth-order valence-electron chi connectivity index (χ4n) is 1.15. The van der Waals surface area contributed by atoms with Gasteiger partial charge in [0.15, 0.2) is 0 Å². The van der Waals surface area contributed by atoms with Crippen molar-refractivity contribution in [3.8, 4) is 0 Å². The van der Waals surface area contributed by atoms with Gasteiger partial charge in [-0.25, -0.2) is 0 Å². The van der Waals surface area contributed by atoms with E-state index in [1.54, 1.807) is 0 Å². The van der Waals surface area contributed by atoms with Gasteiger partial charge in [0.25, 0.3) is 0 Å². The summed E-state index contributed by atoms with van der Waals surface area (Å²) < 4.78 is 0. The van der Waals surface area contributed by atoms with E-state index in [1.165, 1.54) is 0 Å². The van der Waals surface area contributed by atoms with E-state index < -0.39 is 5.41 Å². The molecular formula is C8H15NO2. The molecule has 0 aliphatic carbocycles. The van der Waals surface area contributed by atoms with Crippen LogP contribution in [0.25, 0.3) is 0 Å². The van der Waals surface area contributed by atoms with Crippen LogP contribution in [0.4, 0.5) is 0 Å². The first kappa shape index (κ1) is 10.1. The molecule has 2 N–H and O–H groups in total. The van der Waals surface area contributed by atoms with E-state index in [1.807, 2.05) is 13.8 Å². The molecule has 0 aliphatic rings. The van der Waals surface area contributed by atoms with Gasteiger partial charge >= 0.3 is 0 Å². The molecule has 3 nitrogen and oxygen atoms in total. The summed E-state index contributed by atoms with van der Waals surface area (Å²) in [5.74, 6) is -0.366. The lowest BCUT2D eigenvalue weighted by atomic mass is 9.79. The van der Waals surface area contributed by atoms with Crippen molar-refractivity contribution in [2.24, 2.45) is 11.1 Å². The molecule has 1 amide bonds. The van der Waals surface area contributed by atoms with Gasteiger partial charge in [0.2, 0.25) is 5.91 Å². The summed E-state index contributed by atoms with van der Waals surface area (Å²) in [6.45, 7) is 3.75. The van der Waals surface area contributed by atoms with E-state index in [-0.39, 0.29) is 12.3 Å². The normalized spacial score (nSPS) is 11.1. The molecule has 3 heteroatoms. The average molecular weight is 157 g/mol. The Hall–Kier alpha value is -0.860. The van der Waals surface area contributed by atoms with E-state index >= 15 is 0 Å².